The minimum Gasteiger partial charge on any atom is -0.489 e. The van der Waals surface area contributed by atoms with Gasteiger partial charge in [-0.15, -0.1) is 0 Å². The van der Waals surface area contributed by atoms with Gasteiger partial charge in [0.25, 0.3) is 0 Å². The van der Waals surface area contributed by atoms with Crippen molar-refractivity contribution in [2.24, 2.45) is 0 Å². The van der Waals surface area contributed by atoms with Crippen LogP contribution in [0.2, 0.25) is 0 Å². The molecule has 2 aromatic carbocycles. The maximum Gasteiger partial charge on any atom is 0.120 e. The molecule has 0 spiro atoms. The first-order valence-electron chi connectivity index (χ1n) is 7.29. The van der Waals surface area contributed by atoms with E-state index in [1.807, 2.05) is 25.2 Å². The molecule has 0 saturated carbocycles. The van der Waals surface area contributed by atoms with Crippen LogP contribution in [-0.4, -0.2) is 23.6 Å². The first-order chi connectivity index (χ1) is 10.1. The summed E-state index contributed by atoms with van der Waals surface area (Å²) in [5.74, 6) is 0.818. The lowest BCUT2D eigenvalue weighted by Crippen LogP contribution is -2.30. The second kappa shape index (κ2) is 5.88. The van der Waals surface area contributed by atoms with E-state index < -0.39 is 6.10 Å². The van der Waals surface area contributed by atoms with Crippen LogP contribution in [0.1, 0.15) is 28.4 Å². The largest absolute Gasteiger partial charge is 0.489 e. The van der Waals surface area contributed by atoms with Crippen LogP contribution in [0.4, 0.5) is 0 Å². The van der Waals surface area contributed by atoms with Gasteiger partial charge in [0, 0.05) is 13.1 Å². The van der Waals surface area contributed by atoms with Gasteiger partial charge in [0.15, 0.2) is 0 Å². The summed E-state index contributed by atoms with van der Waals surface area (Å²) in [4.78, 5) is 2.13. The Kier molecular flexibility index (Phi) is 3.95. The van der Waals surface area contributed by atoms with E-state index in [-0.39, 0.29) is 0 Å². The second-order valence-electron chi connectivity index (χ2n) is 5.85. The summed E-state index contributed by atoms with van der Waals surface area (Å²) < 4.78 is 5.86. The Balaban J connectivity index is 1.74. The average molecular weight is 283 g/mol. The van der Waals surface area contributed by atoms with Crippen molar-refractivity contribution in [3.8, 4) is 5.75 Å². The van der Waals surface area contributed by atoms with Gasteiger partial charge < -0.3 is 9.84 Å². The number of aliphatic hydroxyl groups excluding tert-OH is 1. The Labute approximate surface area is 125 Å². The SMILES string of the molecule is Cc1cccc(COc2ccc3c(c2)[C@@H](O)CN(C)C3)c1. The lowest BCUT2D eigenvalue weighted by atomic mass is 9.97. The molecule has 21 heavy (non-hydrogen) atoms. The van der Waals surface area contributed by atoms with Crippen molar-refractivity contribution in [2.75, 3.05) is 13.6 Å². The number of β-amino-alcohol motifs (C(OH)–C–C–N with tert-alkyl or cyclic N) is 1. The van der Waals surface area contributed by atoms with E-state index in [1.54, 1.807) is 0 Å². The van der Waals surface area contributed by atoms with Crippen molar-refractivity contribution >= 4 is 0 Å². The molecule has 1 aliphatic heterocycles. The molecule has 0 aliphatic carbocycles. The van der Waals surface area contributed by atoms with Gasteiger partial charge in [-0.25, -0.2) is 0 Å². The van der Waals surface area contributed by atoms with E-state index in [2.05, 4.69) is 36.1 Å². The van der Waals surface area contributed by atoms with E-state index in [0.717, 1.165) is 23.4 Å². The molecule has 2 aromatic rings. The van der Waals surface area contributed by atoms with Crippen LogP contribution in [-0.2, 0) is 13.2 Å². The predicted octanol–water partition coefficient (Wildman–Crippen LogP) is 3.05. The molecule has 3 heteroatoms. The highest BCUT2D eigenvalue weighted by Crippen LogP contribution is 2.29. The molecule has 1 heterocycles. The topological polar surface area (TPSA) is 32.7 Å². The van der Waals surface area contributed by atoms with E-state index in [1.165, 1.54) is 11.1 Å². The van der Waals surface area contributed by atoms with Gasteiger partial charge in [-0.2, -0.15) is 0 Å². The van der Waals surface area contributed by atoms with Crippen molar-refractivity contribution in [3.05, 3.63) is 64.7 Å². The number of fused-ring (bicyclic) bond motifs is 1. The van der Waals surface area contributed by atoms with Crippen LogP contribution in [0.15, 0.2) is 42.5 Å². The quantitative estimate of drug-likeness (QED) is 0.939. The lowest BCUT2D eigenvalue weighted by molar-refractivity contribution is 0.107. The molecular formula is C18H21NO2. The summed E-state index contributed by atoms with van der Waals surface area (Å²) in [6.45, 7) is 4.19. The molecule has 0 bridgehead atoms. The highest BCUT2D eigenvalue weighted by atomic mass is 16.5. The Morgan fingerprint density at radius 3 is 2.90 bits per heavy atom. The Morgan fingerprint density at radius 2 is 2.10 bits per heavy atom. The standard InChI is InChI=1S/C18H21NO2/c1-13-4-3-5-14(8-13)12-21-16-7-6-15-10-19(2)11-18(20)17(15)9-16/h3-9,18,20H,10-12H2,1-2H3/t18-/m0/s1. The molecule has 1 aliphatic rings. The van der Waals surface area contributed by atoms with Gasteiger partial charge in [-0.05, 0) is 42.8 Å². The molecule has 0 amide bonds. The minimum atomic E-state index is -0.429. The number of aliphatic hydroxyl groups is 1. The lowest BCUT2D eigenvalue weighted by Gasteiger charge is -2.29. The van der Waals surface area contributed by atoms with E-state index >= 15 is 0 Å². The maximum absolute atomic E-state index is 10.2. The van der Waals surface area contributed by atoms with Crippen LogP contribution < -0.4 is 4.74 Å². The van der Waals surface area contributed by atoms with Gasteiger partial charge in [0.05, 0.1) is 6.10 Å². The van der Waals surface area contributed by atoms with Crippen LogP contribution in [0.3, 0.4) is 0 Å². The molecule has 0 radical (unpaired) electrons. The summed E-state index contributed by atoms with van der Waals surface area (Å²) in [5.41, 5.74) is 4.57. The third-order valence-electron chi connectivity index (χ3n) is 3.89. The zero-order valence-electron chi connectivity index (χ0n) is 12.5. The van der Waals surface area contributed by atoms with Gasteiger partial charge in [-0.1, -0.05) is 35.9 Å². The molecule has 0 aromatic heterocycles. The van der Waals surface area contributed by atoms with E-state index in [4.69, 9.17) is 4.74 Å². The number of ether oxygens (including phenoxy) is 1. The zero-order valence-corrected chi connectivity index (χ0v) is 12.5. The Bertz CT molecular complexity index is 639. The Hall–Kier alpha value is -1.84. The number of nitrogens with zero attached hydrogens (tertiary/aromatic N) is 1. The first-order valence-corrected chi connectivity index (χ1v) is 7.29. The van der Waals surface area contributed by atoms with Gasteiger partial charge in [-0.3, -0.25) is 4.90 Å². The fraction of sp³-hybridized carbons (Fsp3) is 0.333. The molecule has 1 N–H and O–H groups in total. The molecule has 0 unspecified atom stereocenters. The van der Waals surface area contributed by atoms with Crippen molar-refractivity contribution < 1.29 is 9.84 Å². The number of rotatable bonds is 3. The number of hydrogen-bond acceptors (Lipinski definition) is 3. The number of likely N-dealkylation sites (N-methyl/N-ethyl adjacent to an activating group) is 1. The fourth-order valence-electron chi connectivity index (χ4n) is 2.83. The first kappa shape index (κ1) is 14.1. The summed E-state index contributed by atoms with van der Waals surface area (Å²) in [6, 6.07) is 14.3. The van der Waals surface area contributed by atoms with E-state index in [0.29, 0.717) is 13.2 Å². The summed E-state index contributed by atoms with van der Waals surface area (Å²) in [6.07, 6.45) is -0.429. The smallest absolute Gasteiger partial charge is 0.120 e. The number of benzene rings is 2. The molecule has 3 nitrogen and oxygen atoms in total. The molecule has 110 valence electrons. The Morgan fingerprint density at radius 1 is 1.24 bits per heavy atom. The molecule has 0 fully saturated rings. The van der Waals surface area contributed by atoms with Gasteiger partial charge in [0.2, 0.25) is 0 Å². The van der Waals surface area contributed by atoms with Crippen molar-refractivity contribution in [3.63, 3.8) is 0 Å². The molecular weight excluding hydrogens is 262 g/mol. The van der Waals surface area contributed by atoms with Gasteiger partial charge in [0.1, 0.15) is 12.4 Å². The zero-order chi connectivity index (χ0) is 14.8. The highest BCUT2D eigenvalue weighted by molar-refractivity contribution is 5.38. The number of aryl methyl sites for hydroxylation is 1. The van der Waals surface area contributed by atoms with E-state index in [9.17, 15) is 5.11 Å². The van der Waals surface area contributed by atoms with Crippen LogP contribution in [0, 0.1) is 6.92 Å². The predicted molar refractivity (Wildman–Crippen MR) is 83.2 cm³/mol. The monoisotopic (exact) mass is 283 g/mol. The summed E-state index contributed by atoms with van der Waals surface area (Å²) in [7, 11) is 2.02. The normalized spacial score (nSPS) is 18.3. The van der Waals surface area contributed by atoms with Crippen LogP contribution >= 0.6 is 0 Å². The summed E-state index contributed by atoms with van der Waals surface area (Å²) in [5, 5.41) is 10.2. The maximum atomic E-state index is 10.2. The highest BCUT2D eigenvalue weighted by Gasteiger charge is 2.21. The van der Waals surface area contributed by atoms with Gasteiger partial charge >= 0.3 is 0 Å². The third kappa shape index (κ3) is 3.26. The summed E-state index contributed by atoms with van der Waals surface area (Å²) >= 11 is 0. The minimum absolute atomic E-state index is 0.429. The van der Waals surface area contributed by atoms with Crippen molar-refractivity contribution in [1.82, 2.24) is 4.90 Å². The number of hydrogen-bond donors (Lipinski definition) is 1. The molecule has 0 saturated heterocycles. The second-order valence-corrected chi connectivity index (χ2v) is 5.85. The average Bonchev–Trinajstić information content (AvgIpc) is 2.45. The molecule has 3 rings (SSSR count). The third-order valence-corrected chi connectivity index (χ3v) is 3.89. The van der Waals surface area contributed by atoms with Crippen molar-refractivity contribution in [2.45, 2.75) is 26.2 Å². The molecule has 1 atom stereocenters. The van der Waals surface area contributed by atoms with Crippen molar-refractivity contribution in [1.29, 1.82) is 0 Å². The fourth-order valence-corrected chi connectivity index (χ4v) is 2.83. The van der Waals surface area contributed by atoms with Crippen LogP contribution in [0.5, 0.6) is 5.75 Å². The van der Waals surface area contributed by atoms with Crippen LogP contribution in [0.25, 0.3) is 0 Å².